The third-order valence-corrected chi connectivity index (χ3v) is 4.17. The zero-order chi connectivity index (χ0) is 14.9. The van der Waals surface area contributed by atoms with Crippen LogP contribution in [0.1, 0.15) is 53.4 Å². The van der Waals surface area contributed by atoms with Gasteiger partial charge in [-0.1, -0.05) is 6.08 Å². The highest BCUT2D eigenvalue weighted by molar-refractivity contribution is 4.98. The summed E-state index contributed by atoms with van der Waals surface area (Å²) in [7, 11) is 0. The maximum atomic E-state index is 10.3. The normalized spacial score (nSPS) is 32.9. The zero-order valence-electron chi connectivity index (χ0n) is 12.5. The molecule has 1 fully saturated rings. The van der Waals surface area contributed by atoms with Crippen molar-refractivity contribution in [2.24, 2.45) is 0 Å². The SMILES string of the molecule is C=C[C@@](C)(O)CC[C@@H](O)[C@@]1(C)CC[C@@H](C(C)(C)O)O1. The van der Waals surface area contributed by atoms with Crippen LogP contribution in [0.15, 0.2) is 12.7 Å². The lowest BCUT2D eigenvalue weighted by molar-refractivity contribution is -0.155. The lowest BCUT2D eigenvalue weighted by Gasteiger charge is -2.34. The quantitative estimate of drug-likeness (QED) is 0.645. The first kappa shape index (κ1) is 16.6. The van der Waals surface area contributed by atoms with Gasteiger partial charge in [0, 0.05) is 0 Å². The summed E-state index contributed by atoms with van der Waals surface area (Å²) in [6.07, 6.45) is 2.88. The summed E-state index contributed by atoms with van der Waals surface area (Å²) in [4.78, 5) is 0. The van der Waals surface area contributed by atoms with E-state index in [1.54, 1.807) is 20.8 Å². The van der Waals surface area contributed by atoms with Gasteiger partial charge >= 0.3 is 0 Å². The van der Waals surface area contributed by atoms with E-state index >= 15 is 0 Å². The predicted octanol–water partition coefficient (Wildman–Crippen LogP) is 1.77. The molecule has 0 aliphatic carbocycles. The molecule has 19 heavy (non-hydrogen) atoms. The second-order valence-electron chi connectivity index (χ2n) is 6.73. The molecule has 0 aromatic rings. The standard InChI is InChI=1S/C15H28O4/c1-6-14(4,18)9-7-11(16)15(5)10-8-12(19-15)13(2,3)17/h6,11-12,16-18H,1,7-10H2,2-5H3/t11-,12+,14-,15-/m1/s1. The summed E-state index contributed by atoms with van der Waals surface area (Å²) < 4.78 is 5.87. The van der Waals surface area contributed by atoms with Gasteiger partial charge in [-0.05, 0) is 53.4 Å². The molecule has 1 saturated heterocycles. The Labute approximate surface area is 116 Å². The van der Waals surface area contributed by atoms with Gasteiger partial charge in [-0.25, -0.2) is 0 Å². The molecule has 4 heteroatoms. The lowest BCUT2D eigenvalue weighted by atomic mass is 9.88. The minimum Gasteiger partial charge on any atom is -0.390 e. The molecule has 0 radical (unpaired) electrons. The molecule has 0 saturated carbocycles. The van der Waals surface area contributed by atoms with E-state index < -0.39 is 22.9 Å². The Morgan fingerprint density at radius 3 is 2.42 bits per heavy atom. The Kier molecular flexibility index (Phi) is 4.84. The van der Waals surface area contributed by atoms with Gasteiger partial charge in [0.15, 0.2) is 0 Å². The summed E-state index contributed by atoms with van der Waals surface area (Å²) >= 11 is 0. The molecule has 0 spiro atoms. The summed E-state index contributed by atoms with van der Waals surface area (Å²) in [5.74, 6) is 0. The molecule has 0 aromatic carbocycles. The van der Waals surface area contributed by atoms with Gasteiger partial charge in [0.05, 0.1) is 29.0 Å². The van der Waals surface area contributed by atoms with Crippen molar-refractivity contribution in [3.63, 3.8) is 0 Å². The molecule has 1 aliphatic heterocycles. The van der Waals surface area contributed by atoms with Crippen LogP contribution in [0.5, 0.6) is 0 Å². The van der Waals surface area contributed by atoms with E-state index in [1.807, 2.05) is 6.92 Å². The van der Waals surface area contributed by atoms with E-state index in [9.17, 15) is 15.3 Å². The molecular weight excluding hydrogens is 244 g/mol. The van der Waals surface area contributed by atoms with Crippen LogP contribution in [0.4, 0.5) is 0 Å². The van der Waals surface area contributed by atoms with Gasteiger partial charge in [0.2, 0.25) is 0 Å². The summed E-state index contributed by atoms with van der Waals surface area (Å²) in [6.45, 7) is 10.6. The topological polar surface area (TPSA) is 69.9 Å². The Balaban J connectivity index is 2.58. The van der Waals surface area contributed by atoms with E-state index in [2.05, 4.69) is 6.58 Å². The number of aliphatic hydroxyl groups is 3. The van der Waals surface area contributed by atoms with Crippen molar-refractivity contribution in [3.8, 4) is 0 Å². The Morgan fingerprint density at radius 1 is 1.42 bits per heavy atom. The van der Waals surface area contributed by atoms with Gasteiger partial charge in [-0.3, -0.25) is 0 Å². The maximum Gasteiger partial charge on any atom is 0.0918 e. The average Bonchev–Trinajstić information content (AvgIpc) is 2.70. The first-order chi connectivity index (χ1) is 8.50. The van der Waals surface area contributed by atoms with Crippen molar-refractivity contribution < 1.29 is 20.1 Å². The van der Waals surface area contributed by atoms with E-state index in [1.165, 1.54) is 6.08 Å². The van der Waals surface area contributed by atoms with Crippen molar-refractivity contribution in [1.29, 1.82) is 0 Å². The molecular formula is C15H28O4. The number of aliphatic hydroxyl groups excluding tert-OH is 1. The van der Waals surface area contributed by atoms with Crippen LogP contribution in [-0.2, 0) is 4.74 Å². The van der Waals surface area contributed by atoms with Gasteiger partial charge in [-0.2, -0.15) is 0 Å². The first-order valence-electron chi connectivity index (χ1n) is 6.94. The van der Waals surface area contributed by atoms with Crippen LogP contribution in [0.2, 0.25) is 0 Å². The Hall–Kier alpha value is -0.420. The van der Waals surface area contributed by atoms with E-state index in [0.29, 0.717) is 19.3 Å². The van der Waals surface area contributed by atoms with Crippen molar-refractivity contribution in [2.45, 2.75) is 82.4 Å². The zero-order valence-corrected chi connectivity index (χ0v) is 12.5. The van der Waals surface area contributed by atoms with Crippen LogP contribution in [0, 0.1) is 0 Å². The average molecular weight is 272 g/mol. The minimum atomic E-state index is -0.967. The fourth-order valence-electron chi connectivity index (χ4n) is 2.44. The van der Waals surface area contributed by atoms with Crippen LogP contribution in [0.3, 0.4) is 0 Å². The summed E-state index contributed by atoms with van der Waals surface area (Å²) in [5.41, 5.74) is -2.52. The van der Waals surface area contributed by atoms with Gasteiger partial charge in [-0.15, -0.1) is 6.58 Å². The van der Waals surface area contributed by atoms with Crippen molar-refractivity contribution in [2.75, 3.05) is 0 Å². The highest BCUT2D eigenvalue weighted by atomic mass is 16.5. The molecule has 3 N–H and O–H groups in total. The van der Waals surface area contributed by atoms with Crippen LogP contribution < -0.4 is 0 Å². The maximum absolute atomic E-state index is 10.3. The second-order valence-corrected chi connectivity index (χ2v) is 6.73. The molecule has 112 valence electrons. The highest BCUT2D eigenvalue weighted by Gasteiger charge is 2.46. The Morgan fingerprint density at radius 2 is 2.00 bits per heavy atom. The number of hydrogen-bond acceptors (Lipinski definition) is 4. The molecule has 0 unspecified atom stereocenters. The Bertz CT molecular complexity index is 319. The van der Waals surface area contributed by atoms with Gasteiger partial charge in [0.25, 0.3) is 0 Å². The monoisotopic (exact) mass is 272 g/mol. The van der Waals surface area contributed by atoms with Crippen LogP contribution in [0.25, 0.3) is 0 Å². The van der Waals surface area contributed by atoms with Crippen molar-refractivity contribution in [3.05, 3.63) is 12.7 Å². The number of rotatable bonds is 6. The molecule has 1 rings (SSSR count). The largest absolute Gasteiger partial charge is 0.390 e. The van der Waals surface area contributed by atoms with Gasteiger partial charge < -0.3 is 20.1 Å². The van der Waals surface area contributed by atoms with E-state index in [0.717, 1.165) is 6.42 Å². The molecule has 0 aromatic heterocycles. The molecule has 1 heterocycles. The fourth-order valence-corrected chi connectivity index (χ4v) is 2.44. The molecule has 4 nitrogen and oxygen atoms in total. The van der Waals surface area contributed by atoms with Crippen molar-refractivity contribution >= 4 is 0 Å². The minimum absolute atomic E-state index is 0.257. The number of ether oxygens (including phenoxy) is 1. The highest BCUT2D eigenvalue weighted by Crippen LogP contribution is 2.38. The summed E-state index contributed by atoms with van der Waals surface area (Å²) in [5, 5.41) is 30.1. The third kappa shape index (κ3) is 4.28. The number of hydrogen-bond donors (Lipinski definition) is 3. The summed E-state index contributed by atoms with van der Waals surface area (Å²) in [6, 6.07) is 0. The fraction of sp³-hybridized carbons (Fsp3) is 0.867. The molecule has 1 aliphatic rings. The molecule has 4 atom stereocenters. The molecule has 0 amide bonds. The lowest BCUT2D eigenvalue weighted by Crippen LogP contribution is -2.44. The predicted molar refractivity (Wildman–Crippen MR) is 74.9 cm³/mol. The third-order valence-electron chi connectivity index (χ3n) is 4.17. The van der Waals surface area contributed by atoms with Crippen molar-refractivity contribution in [1.82, 2.24) is 0 Å². The second kappa shape index (κ2) is 5.52. The van der Waals surface area contributed by atoms with Crippen LogP contribution in [-0.4, -0.2) is 44.3 Å². The van der Waals surface area contributed by atoms with Crippen LogP contribution >= 0.6 is 0 Å². The smallest absolute Gasteiger partial charge is 0.0918 e. The molecule has 0 bridgehead atoms. The van der Waals surface area contributed by atoms with E-state index in [-0.39, 0.29) is 6.10 Å². The first-order valence-corrected chi connectivity index (χ1v) is 6.94. The van der Waals surface area contributed by atoms with E-state index in [4.69, 9.17) is 4.74 Å². The van der Waals surface area contributed by atoms with Gasteiger partial charge in [0.1, 0.15) is 0 Å².